The maximum atomic E-state index is 12.0. The Morgan fingerprint density at radius 3 is 1.70 bits per heavy atom. The van der Waals surface area contributed by atoms with E-state index in [-0.39, 0.29) is 11.5 Å². The van der Waals surface area contributed by atoms with E-state index in [1.807, 2.05) is 0 Å². The standard InChI is InChI=1S/C13H9F3N2O2/c14-13(15,16)20-12-7-3-10(4-8-12)18-17-9-1-5-11(19)6-2-9/h1-8,19H/b18-17+. The van der Waals surface area contributed by atoms with Crippen molar-refractivity contribution in [2.24, 2.45) is 10.2 Å². The second kappa shape index (κ2) is 5.60. The summed E-state index contributed by atoms with van der Waals surface area (Å²) >= 11 is 0. The molecule has 0 unspecified atom stereocenters. The lowest BCUT2D eigenvalue weighted by Crippen LogP contribution is -2.16. The molecule has 0 spiro atoms. The summed E-state index contributed by atoms with van der Waals surface area (Å²) < 4.78 is 39.6. The van der Waals surface area contributed by atoms with Gasteiger partial charge in [-0.1, -0.05) is 0 Å². The summed E-state index contributed by atoms with van der Waals surface area (Å²) in [7, 11) is 0. The van der Waals surface area contributed by atoms with E-state index < -0.39 is 6.36 Å². The minimum Gasteiger partial charge on any atom is -0.508 e. The third-order valence-corrected chi connectivity index (χ3v) is 2.20. The van der Waals surface area contributed by atoms with Crippen molar-refractivity contribution in [2.45, 2.75) is 6.36 Å². The number of phenols is 1. The van der Waals surface area contributed by atoms with E-state index in [1.165, 1.54) is 24.3 Å². The molecule has 1 N–H and O–H groups in total. The average Bonchev–Trinajstić information content (AvgIpc) is 2.38. The molecule has 0 aromatic heterocycles. The molecule has 2 aromatic rings. The molecule has 0 bridgehead atoms. The first-order valence-electron chi connectivity index (χ1n) is 5.49. The van der Waals surface area contributed by atoms with Gasteiger partial charge in [0.1, 0.15) is 11.5 Å². The molecule has 0 saturated carbocycles. The molecule has 104 valence electrons. The Hall–Kier alpha value is -2.57. The van der Waals surface area contributed by atoms with Crippen LogP contribution in [0.3, 0.4) is 0 Å². The fourth-order valence-corrected chi connectivity index (χ4v) is 1.35. The highest BCUT2D eigenvalue weighted by atomic mass is 19.4. The second-order valence-corrected chi connectivity index (χ2v) is 3.76. The molecule has 0 aliphatic carbocycles. The summed E-state index contributed by atoms with van der Waals surface area (Å²) in [5.41, 5.74) is 0.894. The summed E-state index contributed by atoms with van der Waals surface area (Å²) in [5.74, 6) is -0.210. The predicted octanol–water partition coefficient (Wildman–Crippen LogP) is 4.71. The molecule has 20 heavy (non-hydrogen) atoms. The molecular weight excluding hydrogens is 273 g/mol. The number of nitrogens with zero attached hydrogens (tertiary/aromatic N) is 2. The number of ether oxygens (including phenoxy) is 1. The van der Waals surface area contributed by atoms with Crippen molar-refractivity contribution in [1.29, 1.82) is 0 Å². The zero-order chi connectivity index (χ0) is 14.6. The Morgan fingerprint density at radius 2 is 1.25 bits per heavy atom. The lowest BCUT2D eigenvalue weighted by atomic mass is 10.3. The normalized spacial score (nSPS) is 11.8. The molecule has 2 rings (SSSR count). The van der Waals surface area contributed by atoms with Gasteiger partial charge in [-0.05, 0) is 48.5 Å². The number of aromatic hydroxyl groups is 1. The highest BCUT2D eigenvalue weighted by Crippen LogP contribution is 2.26. The van der Waals surface area contributed by atoms with Gasteiger partial charge in [-0.25, -0.2) is 0 Å². The van der Waals surface area contributed by atoms with Crippen LogP contribution in [-0.2, 0) is 0 Å². The first-order chi connectivity index (χ1) is 9.42. The van der Waals surface area contributed by atoms with Gasteiger partial charge in [0.25, 0.3) is 0 Å². The van der Waals surface area contributed by atoms with Crippen molar-refractivity contribution in [3.05, 3.63) is 48.5 Å². The molecular formula is C13H9F3N2O2. The van der Waals surface area contributed by atoms with Gasteiger partial charge in [0.05, 0.1) is 11.4 Å². The molecule has 4 nitrogen and oxygen atoms in total. The molecule has 7 heteroatoms. The molecule has 0 saturated heterocycles. The van der Waals surface area contributed by atoms with Crippen LogP contribution < -0.4 is 4.74 Å². The Labute approximate surface area is 112 Å². The lowest BCUT2D eigenvalue weighted by molar-refractivity contribution is -0.274. The number of benzene rings is 2. The monoisotopic (exact) mass is 282 g/mol. The number of alkyl halides is 3. The van der Waals surface area contributed by atoms with Crippen molar-refractivity contribution in [1.82, 2.24) is 0 Å². The molecule has 2 aromatic carbocycles. The maximum absolute atomic E-state index is 12.0. The van der Waals surface area contributed by atoms with Crippen LogP contribution in [0, 0.1) is 0 Å². The van der Waals surface area contributed by atoms with Crippen LogP contribution in [0.2, 0.25) is 0 Å². The van der Waals surface area contributed by atoms with E-state index in [0.29, 0.717) is 11.4 Å². The van der Waals surface area contributed by atoms with Crippen molar-refractivity contribution in [3.63, 3.8) is 0 Å². The van der Waals surface area contributed by atoms with E-state index in [9.17, 15) is 13.2 Å². The highest BCUT2D eigenvalue weighted by molar-refractivity contribution is 5.43. The fraction of sp³-hybridized carbons (Fsp3) is 0.0769. The van der Waals surface area contributed by atoms with Gasteiger partial charge < -0.3 is 9.84 Å². The van der Waals surface area contributed by atoms with Gasteiger partial charge in [0.2, 0.25) is 0 Å². The molecule has 0 atom stereocenters. The molecule has 0 fully saturated rings. The highest BCUT2D eigenvalue weighted by Gasteiger charge is 2.30. The minimum absolute atomic E-state index is 0.109. The van der Waals surface area contributed by atoms with Crippen molar-refractivity contribution in [3.8, 4) is 11.5 Å². The largest absolute Gasteiger partial charge is 0.573 e. The molecule has 0 aliphatic heterocycles. The first-order valence-corrected chi connectivity index (χ1v) is 5.49. The topological polar surface area (TPSA) is 54.2 Å². The van der Waals surface area contributed by atoms with Gasteiger partial charge in [-0.2, -0.15) is 10.2 Å². The second-order valence-electron chi connectivity index (χ2n) is 3.76. The van der Waals surface area contributed by atoms with Gasteiger partial charge in [0.15, 0.2) is 0 Å². The van der Waals surface area contributed by atoms with Crippen LogP contribution in [0.1, 0.15) is 0 Å². The summed E-state index contributed by atoms with van der Waals surface area (Å²) in [6.07, 6.45) is -4.71. The number of rotatable bonds is 3. The Balaban J connectivity index is 2.05. The van der Waals surface area contributed by atoms with Crippen LogP contribution in [-0.4, -0.2) is 11.5 Å². The van der Waals surface area contributed by atoms with Gasteiger partial charge in [0, 0.05) is 0 Å². The average molecular weight is 282 g/mol. The van der Waals surface area contributed by atoms with E-state index in [2.05, 4.69) is 15.0 Å². The van der Waals surface area contributed by atoms with E-state index in [4.69, 9.17) is 5.11 Å². The number of hydrogen-bond donors (Lipinski definition) is 1. The molecule has 0 radical (unpaired) electrons. The van der Waals surface area contributed by atoms with Crippen LogP contribution in [0.25, 0.3) is 0 Å². The lowest BCUT2D eigenvalue weighted by Gasteiger charge is -2.07. The zero-order valence-corrected chi connectivity index (χ0v) is 10.0. The minimum atomic E-state index is -4.71. The fourth-order valence-electron chi connectivity index (χ4n) is 1.35. The number of phenolic OH excluding ortho intramolecular Hbond substituents is 1. The van der Waals surface area contributed by atoms with Crippen LogP contribution in [0.15, 0.2) is 58.8 Å². The zero-order valence-electron chi connectivity index (χ0n) is 10.0. The number of halogens is 3. The van der Waals surface area contributed by atoms with Crippen molar-refractivity contribution >= 4 is 11.4 Å². The van der Waals surface area contributed by atoms with E-state index in [0.717, 1.165) is 12.1 Å². The molecule has 0 amide bonds. The summed E-state index contributed by atoms with van der Waals surface area (Å²) in [4.78, 5) is 0. The number of azo groups is 1. The smallest absolute Gasteiger partial charge is 0.508 e. The summed E-state index contributed by atoms with van der Waals surface area (Å²) in [5, 5.41) is 16.8. The Kier molecular flexibility index (Phi) is 3.88. The van der Waals surface area contributed by atoms with Crippen LogP contribution >= 0.6 is 0 Å². The van der Waals surface area contributed by atoms with Gasteiger partial charge in [-0.15, -0.1) is 13.2 Å². The Morgan fingerprint density at radius 1 is 0.800 bits per heavy atom. The van der Waals surface area contributed by atoms with E-state index in [1.54, 1.807) is 12.1 Å². The SMILES string of the molecule is Oc1ccc(/N=N/c2ccc(OC(F)(F)F)cc2)cc1. The third kappa shape index (κ3) is 4.27. The van der Waals surface area contributed by atoms with Crippen LogP contribution in [0.5, 0.6) is 11.5 Å². The van der Waals surface area contributed by atoms with Gasteiger partial charge >= 0.3 is 6.36 Å². The quantitative estimate of drug-likeness (QED) is 0.829. The molecule has 0 aliphatic rings. The maximum Gasteiger partial charge on any atom is 0.573 e. The molecule has 0 heterocycles. The predicted molar refractivity (Wildman–Crippen MR) is 65.4 cm³/mol. The van der Waals surface area contributed by atoms with Crippen molar-refractivity contribution < 1.29 is 23.0 Å². The van der Waals surface area contributed by atoms with E-state index >= 15 is 0 Å². The van der Waals surface area contributed by atoms with Crippen molar-refractivity contribution in [2.75, 3.05) is 0 Å². The third-order valence-electron chi connectivity index (χ3n) is 2.20. The summed E-state index contributed by atoms with van der Waals surface area (Å²) in [6, 6.07) is 11.0. The Bertz CT molecular complexity index is 593. The van der Waals surface area contributed by atoms with Gasteiger partial charge in [-0.3, -0.25) is 0 Å². The van der Waals surface area contributed by atoms with Crippen LogP contribution in [0.4, 0.5) is 24.5 Å². The summed E-state index contributed by atoms with van der Waals surface area (Å²) in [6.45, 7) is 0. The first kappa shape index (κ1) is 13.9. The number of hydrogen-bond acceptors (Lipinski definition) is 4.